The van der Waals surface area contributed by atoms with Crippen LogP contribution >= 0.6 is 0 Å². The molecule has 172 valence electrons. The number of nitrogens with zero attached hydrogens (tertiary/aromatic N) is 6. The summed E-state index contributed by atoms with van der Waals surface area (Å²) in [4.78, 5) is 37.6. The van der Waals surface area contributed by atoms with Crippen molar-refractivity contribution in [2.45, 2.75) is 33.6 Å². The third-order valence-corrected chi connectivity index (χ3v) is 5.86. The highest BCUT2D eigenvalue weighted by molar-refractivity contribution is 5.95. The molecule has 0 atom stereocenters. The minimum absolute atomic E-state index is 0.0101. The van der Waals surface area contributed by atoms with Crippen molar-refractivity contribution in [1.82, 2.24) is 29.5 Å². The van der Waals surface area contributed by atoms with E-state index in [0.717, 1.165) is 16.8 Å². The average Bonchev–Trinajstić information content (AvgIpc) is 3.25. The van der Waals surface area contributed by atoms with Crippen LogP contribution in [-0.2, 0) is 4.79 Å². The maximum atomic E-state index is 13.4. The van der Waals surface area contributed by atoms with Crippen LogP contribution in [0.1, 0.15) is 48.3 Å². The highest BCUT2D eigenvalue weighted by Crippen LogP contribution is 2.26. The van der Waals surface area contributed by atoms with Gasteiger partial charge in [0.2, 0.25) is 5.91 Å². The highest BCUT2D eigenvalue weighted by atomic mass is 19.1. The summed E-state index contributed by atoms with van der Waals surface area (Å²) in [7, 11) is 0. The largest absolute Gasteiger partial charge is 0.339 e. The Kier molecular flexibility index (Phi) is 6.22. The lowest BCUT2D eigenvalue weighted by molar-refractivity contribution is -0.130. The summed E-state index contributed by atoms with van der Waals surface area (Å²) in [6.07, 6.45) is 3.27. The smallest absolute Gasteiger partial charge is 0.257 e. The lowest BCUT2D eigenvalue weighted by Crippen LogP contribution is -2.50. The van der Waals surface area contributed by atoms with Crippen molar-refractivity contribution >= 4 is 11.8 Å². The summed E-state index contributed by atoms with van der Waals surface area (Å²) in [5.74, 6) is -0.0642. The van der Waals surface area contributed by atoms with E-state index in [1.54, 1.807) is 45.9 Å². The first-order valence-electron chi connectivity index (χ1n) is 11.0. The Bertz CT molecular complexity index is 1180. The first-order chi connectivity index (χ1) is 15.8. The van der Waals surface area contributed by atoms with Gasteiger partial charge in [-0.1, -0.05) is 13.8 Å². The van der Waals surface area contributed by atoms with Gasteiger partial charge in [-0.05, 0) is 42.7 Å². The molecule has 8 nitrogen and oxygen atoms in total. The van der Waals surface area contributed by atoms with Crippen LogP contribution in [0.5, 0.6) is 0 Å². The number of amides is 2. The van der Waals surface area contributed by atoms with Crippen LogP contribution in [-0.4, -0.2) is 67.5 Å². The van der Waals surface area contributed by atoms with Crippen molar-refractivity contribution in [2.24, 2.45) is 0 Å². The van der Waals surface area contributed by atoms with E-state index in [-0.39, 0.29) is 23.5 Å². The first-order valence-corrected chi connectivity index (χ1v) is 11.0. The zero-order chi connectivity index (χ0) is 23.7. The molecule has 0 spiro atoms. The van der Waals surface area contributed by atoms with E-state index in [4.69, 9.17) is 4.98 Å². The highest BCUT2D eigenvalue weighted by Gasteiger charge is 2.28. The molecule has 0 N–H and O–H groups in total. The SMILES string of the molecule is CC(=O)N1CCN(C(=O)c2cnn(-c3ncc(C)c(-c4ccc(F)cc4)n3)c2C(C)C)CC1. The Morgan fingerprint density at radius 2 is 1.64 bits per heavy atom. The van der Waals surface area contributed by atoms with Gasteiger partial charge in [0, 0.05) is 44.9 Å². The van der Waals surface area contributed by atoms with E-state index in [9.17, 15) is 14.0 Å². The molecular weight excluding hydrogens is 423 g/mol. The van der Waals surface area contributed by atoms with Crippen LogP contribution in [0, 0.1) is 12.7 Å². The lowest BCUT2D eigenvalue weighted by atomic mass is 10.0. The van der Waals surface area contributed by atoms with Crippen LogP contribution in [0.3, 0.4) is 0 Å². The monoisotopic (exact) mass is 450 g/mol. The number of hydrogen-bond acceptors (Lipinski definition) is 5. The maximum absolute atomic E-state index is 13.4. The Labute approximate surface area is 192 Å². The van der Waals surface area contributed by atoms with Crippen molar-refractivity contribution in [3.8, 4) is 17.2 Å². The quantitative estimate of drug-likeness (QED) is 0.610. The summed E-state index contributed by atoms with van der Waals surface area (Å²) < 4.78 is 15.0. The summed E-state index contributed by atoms with van der Waals surface area (Å²) in [5, 5.41) is 4.46. The number of carbonyl (C=O) groups excluding carboxylic acids is 2. The molecule has 0 aliphatic carbocycles. The summed E-state index contributed by atoms with van der Waals surface area (Å²) in [6.45, 7) is 9.43. The fourth-order valence-corrected chi connectivity index (χ4v) is 4.07. The van der Waals surface area contributed by atoms with Gasteiger partial charge in [-0.2, -0.15) is 5.10 Å². The maximum Gasteiger partial charge on any atom is 0.257 e. The van der Waals surface area contributed by atoms with Gasteiger partial charge in [0.05, 0.1) is 23.1 Å². The van der Waals surface area contributed by atoms with E-state index in [1.807, 2.05) is 20.8 Å². The molecule has 3 aromatic rings. The number of rotatable bonds is 4. The van der Waals surface area contributed by atoms with Gasteiger partial charge in [-0.15, -0.1) is 0 Å². The lowest BCUT2D eigenvalue weighted by Gasteiger charge is -2.34. The van der Waals surface area contributed by atoms with Crippen LogP contribution in [0.4, 0.5) is 4.39 Å². The molecule has 0 unspecified atom stereocenters. The van der Waals surface area contributed by atoms with Gasteiger partial charge in [0.15, 0.2) is 0 Å². The summed E-state index contributed by atoms with van der Waals surface area (Å²) >= 11 is 0. The molecule has 3 heterocycles. The number of hydrogen-bond donors (Lipinski definition) is 0. The van der Waals surface area contributed by atoms with Crippen LogP contribution < -0.4 is 0 Å². The molecule has 1 aliphatic rings. The van der Waals surface area contributed by atoms with Gasteiger partial charge < -0.3 is 9.80 Å². The van der Waals surface area contributed by atoms with E-state index >= 15 is 0 Å². The molecular formula is C24H27FN6O2. The fourth-order valence-electron chi connectivity index (χ4n) is 4.07. The van der Waals surface area contributed by atoms with Crippen molar-refractivity contribution in [3.63, 3.8) is 0 Å². The molecule has 2 amide bonds. The topological polar surface area (TPSA) is 84.2 Å². The van der Waals surface area contributed by atoms with Crippen LogP contribution in [0.15, 0.2) is 36.7 Å². The molecule has 0 bridgehead atoms. The Morgan fingerprint density at radius 1 is 1.00 bits per heavy atom. The number of halogens is 1. The molecule has 1 aromatic carbocycles. The predicted octanol–water partition coefficient (Wildman–Crippen LogP) is 3.20. The van der Waals surface area contributed by atoms with Gasteiger partial charge in [0.25, 0.3) is 11.9 Å². The fraction of sp³-hybridized carbons (Fsp3) is 0.375. The number of aromatic nitrogens is 4. The average molecular weight is 451 g/mol. The van der Waals surface area contributed by atoms with Crippen LogP contribution in [0.2, 0.25) is 0 Å². The van der Waals surface area contributed by atoms with Crippen molar-refractivity contribution < 1.29 is 14.0 Å². The Balaban J connectivity index is 1.68. The zero-order valence-electron chi connectivity index (χ0n) is 19.2. The minimum atomic E-state index is -0.313. The second-order valence-corrected chi connectivity index (χ2v) is 8.52. The number of piperazine rings is 1. The Morgan fingerprint density at radius 3 is 2.24 bits per heavy atom. The van der Waals surface area contributed by atoms with Crippen LogP contribution in [0.25, 0.3) is 17.2 Å². The molecule has 1 fully saturated rings. The Hall–Kier alpha value is -3.62. The normalized spacial score (nSPS) is 14.1. The molecule has 0 radical (unpaired) electrons. The predicted molar refractivity (Wildman–Crippen MR) is 122 cm³/mol. The van der Waals surface area contributed by atoms with Gasteiger partial charge >= 0.3 is 0 Å². The molecule has 33 heavy (non-hydrogen) atoms. The molecule has 4 rings (SSSR count). The van der Waals surface area contributed by atoms with Crippen molar-refractivity contribution in [1.29, 1.82) is 0 Å². The second kappa shape index (κ2) is 9.09. The molecule has 0 saturated carbocycles. The van der Waals surface area contributed by atoms with Gasteiger partial charge in [-0.3, -0.25) is 9.59 Å². The third-order valence-electron chi connectivity index (χ3n) is 5.86. The van der Waals surface area contributed by atoms with Gasteiger partial charge in [0.1, 0.15) is 5.82 Å². The van der Waals surface area contributed by atoms with Gasteiger partial charge in [-0.25, -0.2) is 19.0 Å². The molecule has 2 aromatic heterocycles. The number of aryl methyl sites for hydroxylation is 1. The minimum Gasteiger partial charge on any atom is -0.339 e. The summed E-state index contributed by atoms with van der Waals surface area (Å²) in [6, 6.07) is 6.15. The van der Waals surface area contributed by atoms with E-state index in [0.29, 0.717) is 43.4 Å². The number of carbonyl (C=O) groups is 2. The molecule has 1 saturated heterocycles. The standard InChI is InChI=1S/C24H27FN6O2/c1-15(2)22-20(23(33)30-11-9-29(10-12-30)17(4)32)14-27-31(22)24-26-13-16(3)21(28-24)18-5-7-19(25)8-6-18/h5-8,13-15H,9-12H2,1-4H3. The van der Waals surface area contributed by atoms with E-state index in [1.165, 1.54) is 12.1 Å². The first kappa shape index (κ1) is 22.6. The van der Waals surface area contributed by atoms with Crippen molar-refractivity contribution in [3.05, 3.63) is 59.3 Å². The molecule has 9 heteroatoms. The second-order valence-electron chi connectivity index (χ2n) is 8.52. The third kappa shape index (κ3) is 4.48. The van der Waals surface area contributed by atoms with Crippen molar-refractivity contribution in [2.75, 3.05) is 26.2 Å². The molecule has 1 aliphatic heterocycles. The van der Waals surface area contributed by atoms with E-state index in [2.05, 4.69) is 10.1 Å². The summed E-state index contributed by atoms with van der Waals surface area (Å²) in [5.41, 5.74) is 3.54. The number of benzene rings is 1. The van der Waals surface area contributed by atoms with E-state index < -0.39 is 0 Å². The zero-order valence-corrected chi connectivity index (χ0v) is 19.2.